The van der Waals surface area contributed by atoms with E-state index >= 15 is 0 Å². The average molecular weight is 228 g/mol. The van der Waals surface area contributed by atoms with E-state index in [1.165, 1.54) is 25.7 Å². The third kappa shape index (κ3) is 4.06. The molecule has 0 unspecified atom stereocenters. The molecule has 1 saturated heterocycles. The number of ether oxygens (including phenoxy) is 2. The normalized spacial score (nSPS) is 35.2. The van der Waals surface area contributed by atoms with Crippen molar-refractivity contribution >= 4 is 0 Å². The van der Waals surface area contributed by atoms with E-state index in [-0.39, 0.29) is 11.2 Å². The lowest BCUT2D eigenvalue weighted by atomic mass is 9.88. The molecule has 0 radical (unpaired) electrons. The van der Waals surface area contributed by atoms with E-state index in [1.54, 1.807) is 0 Å². The molecular weight excluding hydrogens is 200 g/mol. The van der Waals surface area contributed by atoms with Crippen molar-refractivity contribution in [3.63, 3.8) is 0 Å². The molecule has 16 heavy (non-hydrogen) atoms. The van der Waals surface area contributed by atoms with Crippen LogP contribution < -0.4 is 0 Å². The van der Waals surface area contributed by atoms with Gasteiger partial charge >= 0.3 is 0 Å². The summed E-state index contributed by atoms with van der Waals surface area (Å²) in [6, 6.07) is 0. The zero-order chi connectivity index (χ0) is 12.1. The molecule has 0 atom stereocenters. The standard InChI is InChI=1S/C14H28O2/c1-5-7-8-9-10-14(4)15-11-13(3,6-2)12-16-14/h5-12H2,1-4H3. The van der Waals surface area contributed by atoms with Gasteiger partial charge in [0.05, 0.1) is 13.2 Å². The van der Waals surface area contributed by atoms with E-state index in [1.807, 2.05) is 0 Å². The number of unbranched alkanes of at least 4 members (excludes halogenated alkanes) is 3. The first-order valence-corrected chi connectivity index (χ1v) is 6.81. The van der Waals surface area contributed by atoms with Gasteiger partial charge in [0.15, 0.2) is 5.79 Å². The molecule has 1 fully saturated rings. The fourth-order valence-electron chi connectivity index (χ4n) is 1.96. The molecule has 0 spiro atoms. The SMILES string of the molecule is CCCCCCC1(C)OCC(C)(CC)CO1. The van der Waals surface area contributed by atoms with Crippen LogP contribution in [0.2, 0.25) is 0 Å². The van der Waals surface area contributed by atoms with Gasteiger partial charge in [-0.3, -0.25) is 0 Å². The highest BCUT2D eigenvalue weighted by Crippen LogP contribution is 2.34. The molecule has 0 aliphatic carbocycles. The van der Waals surface area contributed by atoms with Gasteiger partial charge in [0, 0.05) is 11.8 Å². The summed E-state index contributed by atoms with van der Waals surface area (Å²) in [6.45, 7) is 10.5. The Kier molecular flexibility index (Phi) is 5.26. The first-order chi connectivity index (χ1) is 7.54. The summed E-state index contributed by atoms with van der Waals surface area (Å²) in [6.07, 6.45) is 7.28. The second-order valence-electron chi connectivity index (χ2n) is 5.69. The van der Waals surface area contributed by atoms with E-state index in [0.717, 1.165) is 26.1 Å². The summed E-state index contributed by atoms with van der Waals surface area (Å²) in [5, 5.41) is 0. The molecule has 0 N–H and O–H groups in total. The van der Waals surface area contributed by atoms with Crippen LogP contribution in [0.25, 0.3) is 0 Å². The van der Waals surface area contributed by atoms with Crippen molar-refractivity contribution in [2.24, 2.45) is 5.41 Å². The molecule has 0 saturated carbocycles. The first-order valence-electron chi connectivity index (χ1n) is 6.81. The maximum Gasteiger partial charge on any atom is 0.165 e. The minimum Gasteiger partial charge on any atom is -0.350 e. The summed E-state index contributed by atoms with van der Waals surface area (Å²) in [5.41, 5.74) is 0.225. The predicted octanol–water partition coefficient (Wildman–Crippen LogP) is 4.14. The summed E-state index contributed by atoms with van der Waals surface area (Å²) in [4.78, 5) is 0. The highest BCUT2D eigenvalue weighted by atomic mass is 16.7. The topological polar surface area (TPSA) is 18.5 Å². The number of rotatable bonds is 6. The first kappa shape index (κ1) is 14.0. The fourth-order valence-corrected chi connectivity index (χ4v) is 1.96. The van der Waals surface area contributed by atoms with Crippen LogP contribution in [0.3, 0.4) is 0 Å². The van der Waals surface area contributed by atoms with Crippen molar-refractivity contribution in [1.82, 2.24) is 0 Å². The van der Waals surface area contributed by atoms with Crippen LogP contribution in [0.1, 0.15) is 66.2 Å². The molecule has 0 aromatic rings. The van der Waals surface area contributed by atoms with Gasteiger partial charge in [-0.15, -0.1) is 0 Å². The van der Waals surface area contributed by atoms with Gasteiger partial charge in [-0.2, -0.15) is 0 Å². The Bertz CT molecular complexity index is 193. The van der Waals surface area contributed by atoms with E-state index in [2.05, 4.69) is 27.7 Å². The smallest absolute Gasteiger partial charge is 0.165 e. The second-order valence-corrected chi connectivity index (χ2v) is 5.69. The zero-order valence-corrected chi connectivity index (χ0v) is 11.5. The van der Waals surface area contributed by atoms with E-state index in [9.17, 15) is 0 Å². The largest absolute Gasteiger partial charge is 0.350 e. The Balaban J connectivity index is 2.27. The number of hydrogen-bond acceptors (Lipinski definition) is 2. The van der Waals surface area contributed by atoms with Crippen molar-refractivity contribution in [2.45, 2.75) is 72.0 Å². The van der Waals surface area contributed by atoms with E-state index in [4.69, 9.17) is 9.47 Å². The van der Waals surface area contributed by atoms with Gasteiger partial charge in [0.2, 0.25) is 0 Å². The lowest BCUT2D eigenvalue weighted by Crippen LogP contribution is -2.46. The quantitative estimate of drug-likeness (QED) is 0.636. The van der Waals surface area contributed by atoms with Crippen molar-refractivity contribution in [2.75, 3.05) is 13.2 Å². The van der Waals surface area contributed by atoms with Crippen molar-refractivity contribution in [3.05, 3.63) is 0 Å². The lowest BCUT2D eigenvalue weighted by molar-refractivity contribution is -0.295. The predicted molar refractivity (Wildman–Crippen MR) is 67.5 cm³/mol. The average Bonchev–Trinajstić information content (AvgIpc) is 2.30. The maximum atomic E-state index is 5.93. The fraction of sp³-hybridized carbons (Fsp3) is 1.00. The van der Waals surface area contributed by atoms with Crippen LogP contribution in [0.15, 0.2) is 0 Å². The van der Waals surface area contributed by atoms with Crippen molar-refractivity contribution in [3.8, 4) is 0 Å². The van der Waals surface area contributed by atoms with Crippen molar-refractivity contribution < 1.29 is 9.47 Å². The van der Waals surface area contributed by atoms with Gasteiger partial charge in [0.25, 0.3) is 0 Å². The molecule has 0 bridgehead atoms. The van der Waals surface area contributed by atoms with E-state index < -0.39 is 0 Å². The Morgan fingerprint density at radius 1 is 0.938 bits per heavy atom. The number of hydrogen-bond donors (Lipinski definition) is 0. The van der Waals surface area contributed by atoms with E-state index in [0.29, 0.717) is 0 Å². The Morgan fingerprint density at radius 2 is 1.56 bits per heavy atom. The van der Waals surface area contributed by atoms with Crippen LogP contribution in [-0.4, -0.2) is 19.0 Å². The zero-order valence-electron chi connectivity index (χ0n) is 11.5. The maximum absolute atomic E-state index is 5.93. The molecular formula is C14H28O2. The van der Waals surface area contributed by atoms with Gasteiger partial charge in [-0.05, 0) is 19.8 Å². The third-order valence-electron chi connectivity index (χ3n) is 3.79. The molecule has 0 aromatic heterocycles. The van der Waals surface area contributed by atoms with Crippen LogP contribution in [0.5, 0.6) is 0 Å². The summed E-state index contributed by atoms with van der Waals surface area (Å²) in [7, 11) is 0. The van der Waals surface area contributed by atoms with Crippen LogP contribution in [0.4, 0.5) is 0 Å². The van der Waals surface area contributed by atoms with Gasteiger partial charge in [0.1, 0.15) is 0 Å². The molecule has 1 aliphatic rings. The summed E-state index contributed by atoms with van der Waals surface area (Å²) < 4.78 is 11.9. The molecule has 1 rings (SSSR count). The minimum absolute atomic E-state index is 0.225. The van der Waals surface area contributed by atoms with Gasteiger partial charge < -0.3 is 9.47 Å². The van der Waals surface area contributed by atoms with Crippen LogP contribution in [0, 0.1) is 5.41 Å². The molecule has 1 aliphatic heterocycles. The summed E-state index contributed by atoms with van der Waals surface area (Å²) >= 11 is 0. The molecule has 1 heterocycles. The van der Waals surface area contributed by atoms with Gasteiger partial charge in [-0.25, -0.2) is 0 Å². The molecule has 0 amide bonds. The lowest BCUT2D eigenvalue weighted by Gasteiger charge is -2.43. The molecule has 96 valence electrons. The third-order valence-corrected chi connectivity index (χ3v) is 3.79. The summed E-state index contributed by atoms with van der Waals surface area (Å²) in [5.74, 6) is -0.317. The molecule has 2 nitrogen and oxygen atoms in total. The van der Waals surface area contributed by atoms with Crippen LogP contribution in [-0.2, 0) is 9.47 Å². The highest BCUT2D eigenvalue weighted by Gasteiger charge is 2.37. The Hall–Kier alpha value is -0.0800. The molecule has 2 heteroatoms. The van der Waals surface area contributed by atoms with Crippen molar-refractivity contribution in [1.29, 1.82) is 0 Å². The second kappa shape index (κ2) is 6.02. The Morgan fingerprint density at radius 3 is 2.06 bits per heavy atom. The van der Waals surface area contributed by atoms with Gasteiger partial charge in [-0.1, -0.05) is 40.0 Å². The van der Waals surface area contributed by atoms with Crippen LogP contribution >= 0.6 is 0 Å². The minimum atomic E-state index is -0.317. The molecule has 0 aromatic carbocycles. The highest BCUT2D eigenvalue weighted by molar-refractivity contribution is 4.79. The monoisotopic (exact) mass is 228 g/mol. The Labute approximate surface area is 101 Å².